The molecule has 5 heteroatoms. The molecule has 0 aliphatic heterocycles. The molecule has 0 spiro atoms. The number of carboxylic acid groups (broad SMARTS) is 1. The Hall–Kier alpha value is -3.73. The van der Waals surface area contributed by atoms with E-state index in [1.807, 2.05) is 36.4 Å². The second kappa shape index (κ2) is 8.19. The van der Waals surface area contributed by atoms with E-state index in [1.54, 1.807) is 32.4 Å². The highest BCUT2D eigenvalue weighted by Crippen LogP contribution is 2.40. The molecule has 0 amide bonds. The van der Waals surface area contributed by atoms with Crippen LogP contribution in [0.4, 0.5) is 0 Å². The van der Waals surface area contributed by atoms with Crippen LogP contribution in [0.25, 0.3) is 33.3 Å². The number of methoxy groups -OCH3 is 2. The van der Waals surface area contributed by atoms with Gasteiger partial charge in [-0.3, -0.25) is 0 Å². The standard InChI is InChI=1S/C26H25NO4/c1-15(2)24-20-13-17(16-6-5-7-19(12-16)26(28)29)8-10-21(20)27-25(24)18-9-11-22(30-3)23(14-18)31-4/h5-15,27H,1-4H3,(H,28,29). The van der Waals surface area contributed by atoms with E-state index in [4.69, 9.17) is 9.47 Å². The van der Waals surface area contributed by atoms with Crippen molar-refractivity contribution in [3.63, 3.8) is 0 Å². The summed E-state index contributed by atoms with van der Waals surface area (Å²) in [7, 11) is 3.26. The maximum absolute atomic E-state index is 11.4. The minimum atomic E-state index is -0.928. The van der Waals surface area contributed by atoms with Crippen molar-refractivity contribution in [2.45, 2.75) is 19.8 Å². The van der Waals surface area contributed by atoms with Crippen LogP contribution < -0.4 is 9.47 Å². The Morgan fingerprint density at radius 2 is 1.58 bits per heavy atom. The summed E-state index contributed by atoms with van der Waals surface area (Å²) in [5.41, 5.74) is 6.45. The lowest BCUT2D eigenvalue weighted by Gasteiger charge is -2.12. The van der Waals surface area contributed by atoms with Gasteiger partial charge in [-0.1, -0.05) is 32.0 Å². The molecule has 0 saturated carbocycles. The first-order chi connectivity index (χ1) is 14.9. The lowest BCUT2D eigenvalue weighted by Crippen LogP contribution is -1.95. The molecule has 0 aliphatic rings. The summed E-state index contributed by atoms with van der Waals surface area (Å²) >= 11 is 0. The number of benzene rings is 3. The van der Waals surface area contributed by atoms with E-state index >= 15 is 0 Å². The Morgan fingerprint density at radius 3 is 2.26 bits per heavy atom. The van der Waals surface area contributed by atoms with Gasteiger partial charge in [-0.25, -0.2) is 4.79 Å². The number of rotatable bonds is 6. The summed E-state index contributed by atoms with van der Waals surface area (Å²) < 4.78 is 10.9. The molecule has 4 aromatic rings. The molecule has 4 rings (SSSR count). The normalized spacial score (nSPS) is 11.1. The maximum atomic E-state index is 11.4. The highest BCUT2D eigenvalue weighted by Gasteiger charge is 2.18. The van der Waals surface area contributed by atoms with Crippen molar-refractivity contribution in [1.82, 2.24) is 4.98 Å². The van der Waals surface area contributed by atoms with Gasteiger partial charge < -0.3 is 19.6 Å². The average Bonchev–Trinajstić information content (AvgIpc) is 3.17. The van der Waals surface area contributed by atoms with Gasteiger partial charge in [-0.2, -0.15) is 0 Å². The van der Waals surface area contributed by atoms with Gasteiger partial charge in [0.15, 0.2) is 11.5 Å². The second-order valence-corrected chi connectivity index (χ2v) is 7.78. The van der Waals surface area contributed by atoms with Crippen molar-refractivity contribution in [1.29, 1.82) is 0 Å². The average molecular weight is 415 g/mol. The molecular weight excluding hydrogens is 390 g/mol. The molecule has 5 nitrogen and oxygen atoms in total. The van der Waals surface area contributed by atoms with E-state index in [2.05, 4.69) is 24.9 Å². The Balaban J connectivity index is 1.89. The summed E-state index contributed by atoms with van der Waals surface area (Å²) in [6, 6.07) is 19.1. The van der Waals surface area contributed by atoms with Crippen LogP contribution in [0.1, 0.15) is 35.7 Å². The van der Waals surface area contributed by atoms with Crippen molar-refractivity contribution in [2.75, 3.05) is 14.2 Å². The Labute approximate surface area is 181 Å². The fourth-order valence-corrected chi connectivity index (χ4v) is 4.04. The zero-order valence-electron chi connectivity index (χ0n) is 18.0. The van der Waals surface area contributed by atoms with Crippen molar-refractivity contribution < 1.29 is 19.4 Å². The van der Waals surface area contributed by atoms with E-state index in [1.165, 1.54) is 5.56 Å². The van der Waals surface area contributed by atoms with Gasteiger partial charge in [0, 0.05) is 16.5 Å². The van der Waals surface area contributed by atoms with Crippen LogP contribution in [0, 0.1) is 0 Å². The molecule has 0 unspecified atom stereocenters. The lowest BCUT2D eigenvalue weighted by atomic mass is 9.94. The monoisotopic (exact) mass is 415 g/mol. The molecular formula is C26H25NO4. The maximum Gasteiger partial charge on any atom is 0.335 e. The van der Waals surface area contributed by atoms with Crippen molar-refractivity contribution in [2.24, 2.45) is 0 Å². The summed E-state index contributed by atoms with van der Waals surface area (Å²) in [6.07, 6.45) is 0. The predicted molar refractivity (Wildman–Crippen MR) is 123 cm³/mol. The van der Waals surface area contributed by atoms with Crippen molar-refractivity contribution in [3.05, 3.63) is 71.8 Å². The van der Waals surface area contributed by atoms with E-state index < -0.39 is 5.97 Å². The summed E-state index contributed by atoms with van der Waals surface area (Å²) in [5, 5.41) is 10.5. The van der Waals surface area contributed by atoms with Gasteiger partial charge in [0.1, 0.15) is 0 Å². The van der Waals surface area contributed by atoms with E-state index in [9.17, 15) is 9.90 Å². The number of carbonyl (C=O) groups is 1. The number of nitrogens with one attached hydrogen (secondary N) is 1. The van der Waals surface area contributed by atoms with Gasteiger partial charge in [0.25, 0.3) is 0 Å². The van der Waals surface area contributed by atoms with Crippen LogP contribution in [0.2, 0.25) is 0 Å². The number of carboxylic acids is 1. The highest BCUT2D eigenvalue weighted by atomic mass is 16.5. The quantitative estimate of drug-likeness (QED) is 0.385. The molecule has 3 aromatic carbocycles. The summed E-state index contributed by atoms with van der Waals surface area (Å²) in [4.78, 5) is 14.9. The number of hydrogen-bond acceptors (Lipinski definition) is 3. The van der Waals surface area contributed by atoms with Crippen LogP contribution in [-0.2, 0) is 0 Å². The van der Waals surface area contributed by atoms with Crippen molar-refractivity contribution >= 4 is 16.9 Å². The minimum absolute atomic E-state index is 0.275. The third-order valence-corrected chi connectivity index (χ3v) is 5.53. The third kappa shape index (κ3) is 3.75. The smallest absolute Gasteiger partial charge is 0.335 e. The van der Waals surface area contributed by atoms with Crippen LogP contribution in [0.15, 0.2) is 60.7 Å². The molecule has 158 valence electrons. The first kappa shape index (κ1) is 20.5. The number of H-pyrrole nitrogens is 1. The van der Waals surface area contributed by atoms with Gasteiger partial charge in [0.2, 0.25) is 0 Å². The number of aromatic nitrogens is 1. The topological polar surface area (TPSA) is 71.6 Å². The summed E-state index contributed by atoms with van der Waals surface area (Å²) in [5.74, 6) is 0.717. The molecule has 0 atom stereocenters. The summed E-state index contributed by atoms with van der Waals surface area (Å²) in [6.45, 7) is 4.34. The SMILES string of the molecule is COc1ccc(-c2[nH]c3ccc(-c4cccc(C(=O)O)c4)cc3c2C(C)C)cc1OC. The van der Waals surface area contributed by atoms with Crippen LogP contribution in [-0.4, -0.2) is 30.3 Å². The molecule has 2 N–H and O–H groups in total. The Bertz CT molecular complexity index is 1270. The van der Waals surface area contributed by atoms with E-state index in [0.29, 0.717) is 11.5 Å². The number of ether oxygens (including phenoxy) is 2. The van der Waals surface area contributed by atoms with Gasteiger partial charge in [0.05, 0.1) is 25.5 Å². The molecule has 31 heavy (non-hydrogen) atoms. The number of hydrogen-bond donors (Lipinski definition) is 2. The van der Waals surface area contributed by atoms with Gasteiger partial charge in [-0.15, -0.1) is 0 Å². The zero-order valence-corrected chi connectivity index (χ0v) is 18.0. The van der Waals surface area contributed by atoms with Crippen LogP contribution in [0.3, 0.4) is 0 Å². The second-order valence-electron chi connectivity index (χ2n) is 7.78. The Morgan fingerprint density at radius 1 is 0.871 bits per heavy atom. The first-order valence-corrected chi connectivity index (χ1v) is 10.1. The molecule has 0 fully saturated rings. The molecule has 0 radical (unpaired) electrons. The number of aromatic amines is 1. The molecule has 1 heterocycles. The van der Waals surface area contributed by atoms with Gasteiger partial charge >= 0.3 is 5.97 Å². The largest absolute Gasteiger partial charge is 0.493 e. The fourth-order valence-electron chi connectivity index (χ4n) is 4.04. The van der Waals surface area contributed by atoms with Crippen molar-refractivity contribution in [3.8, 4) is 33.9 Å². The lowest BCUT2D eigenvalue weighted by molar-refractivity contribution is 0.0697. The zero-order chi connectivity index (χ0) is 22.1. The number of fused-ring (bicyclic) bond motifs is 1. The molecule has 0 bridgehead atoms. The van der Waals surface area contributed by atoms with Gasteiger partial charge in [-0.05, 0) is 65.1 Å². The molecule has 1 aromatic heterocycles. The molecule has 0 aliphatic carbocycles. The first-order valence-electron chi connectivity index (χ1n) is 10.1. The molecule has 0 saturated heterocycles. The third-order valence-electron chi connectivity index (χ3n) is 5.53. The Kier molecular flexibility index (Phi) is 5.42. The van der Waals surface area contributed by atoms with Crippen LogP contribution in [0.5, 0.6) is 11.5 Å². The highest BCUT2D eigenvalue weighted by molar-refractivity contribution is 5.95. The predicted octanol–water partition coefficient (Wildman–Crippen LogP) is 6.34. The van der Waals surface area contributed by atoms with Crippen LogP contribution >= 0.6 is 0 Å². The van der Waals surface area contributed by atoms with E-state index in [0.717, 1.165) is 33.3 Å². The minimum Gasteiger partial charge on any atom is -0.493 e. The number of aromatic carboxylic acids is 1. The van der Waals surface area contributed by atoms with E-state index in [-0.39, 0.29) is 11.5 Å². The fraction of sp³-hybridized carbons (Fsp3) is 0.192.